The summed E-state index contributed by atoms with van der Waals surface area (Å²) in [5, 5.41) is 0.315. The van der Waals surface area contributed by atoms with Crippen LogP contribution < -0.4 is 9.64 Å². The standard InChI is InChI=1S/C18H14ClN3O/c1-3-12-22(13-8-10-14(23-2)11-9-13)18-17(19)20-15-6-4-5-7-16(15)21-18/h1,4-11H,12H2,2H3. The van der Waals surface area contributed by atoms with Crippen LogP contribution >= 0.6 is 11.6 Å². The quantitative estimate of drug-likeness (QED) is 0.679. The fourth-order valence-electron chi connectivity index (χ4n) is 2.28. The van der Waals surface area contributed by atoms with Gasteiger partial charge in [-0.15, -0.1) is 6.42 Å². The average molecular weight is 324 g/mol. The van der Waals surface area contributed by atoms with E-state index in [4.69, 9.17) is 22.8 Å². The van der Waals surface area contributed by atoms with Crippen LogP contribution in [0.15, 0.2) is 48.5 Å². The SMILES string of the molecule is C#CCN(c1ccc(OC)cc1)c1nc2ccccc2nc1Cl. The molecule has 5 heteroatoms. The third-order valence-corrected chi connectivity index (χ3v) is 3.65. The summed E-state index contributed by atoms with van der Waals surface area (Å²) >= 11 is 6.33. The number of hydrogen-bond acceptors (Lipinski definition) is 4. The first-order valence-corrected chi connectivity index (χ1v) is 7.38. The first-order chi connectivity index (χ1) is 11.2. The van der Waals surface area contributed by atoms with Crippen molar-refractivity contribution in [3.63, 3.8) is 0 Å². The first-order valence-electron chi connectivity index (χ1n) is 7.00. The van der Waals surface area contributed by atoms with Crippen LogP contribution in [0.1, 0.15) is 0 Å². The van der Waals surface area contributed by atoms with E-state index >= 15 is 0 Å². The lowest BCUT2D eigenvalue weighted by Crippen LogP contribution is -2.19. The highest BCUT2D eigenvalue weighted by Crippen LogP contribution is 2.31. The van der Waals surface area contributed by atoms with Gasteiger partial charge in [-0.2, -0.15) is 0 Å². The molecule has 1 aromatic heterocycles. The number of fused-ring (bicyclic) bond motifs is 1. The second-order valence-electron chi connectivity index (χ2n) is 4.82. The van der Waals surface area contributed by atoms with Gasteiger partial charge in [-0.1, -0.05) is 29.7 Å². The number of benzene rings is 2. The molecule has 1 heterocycles. The van der Waals surface area contributed by atoms with Crippen molar-refractivity contribution < 1.29 is 4.74 Å². The highest BCUT2D eigenvalue weighted by Gasteiger charge is 2.16. The van der Waals surface area contributed by atoms with Gasteiger partial charge in [0.25, 0.3) is 0 Å². The first kappa shape index (κ1) is 15.1. The zero-order valence-corrected chi connectivity index (χ0v) is 13.3. The fourth-order valence-corrected chi connectivity index (χ4v) is 2.52. The van der Waals surface area contributed by atoms with Gasteiger partial charge >= 0.3 is 0 Å². The maximum Gasteiger partial charge on any atom is 0.172 e. The second kappa shape index (κ2) is 6.55. The number of aromatic nitrogens is 2. The van der Waals surface area contributed by atoms with Crippen molar-refractivity contribution in [3.8, 4) is 18.1 Å². The molecule has 0 N–H and O–H groups in total. The predicted molar refractivity (Wildman–Crippen MR) is 93.4 cm³/mol. The summed E-state index contributed by atoms with van der Waals surface area (Å²) < 4.78 is 5.18. The van der Waals surface area contributed by atoms with Crippen molar-refractivity contribution in [2.75, 3.05) is 18.6 Å². The lowest BCUT2D eigenvalue weighted by Gasteiger charge is -2.22. The molecule has 0 atom stereocenters. The average Bonchev–Trinajstić information content (AvgIpc) is 2.59. The number of hydrogen-bond donors (Lipinski definition) is 0. The van der Waals surface area contributed by atoms with Crippen LogP contribution in [0.4, 0.5) is 11.5 Å². The Balaban J connectivity index is 2.10. The van der Waals surface area contributed by atoms with E-state index in [1.807, 2.05) is 53.4 Å². The molecule has 0 unspecified atom stereocenters. The van der Waals surface area contributed by atoms with E-state index in [-0.39, 0.29) is 0 Å². The Morgan fingerprint density at radius 2 is 1.74 bits per heavy atom. The van der Waals surface area contributed by atoms with Crippen molar-refractivity contribution in [1.82, 2.24) is 9.97 Å². The Bertz CT molecular complexity index is 872. The molecule has 23 heavy (non-hydrogen) atoms. The summed E-state index contributed by atoms with van der Waals surface area (Å²) in [6, 6.07) is 15.1. The molecular formula is C18H14ClN3O. The molecule has 0 fully saturated rings. The lowest BCUT2D eigenvalue weighted by atomic mass is 10.2. The largest absolute Gasteiger partial charge is 0.497 e. The van der Waals surface area contributed by atoms with Gasteiger partial charge in [0, 0.05) is 5.69 Å². The van der Waals surface area contributed by atoms with E-state index in [1.165, 1.54) is 0 Å². The topological polar surface area (TPSA) is 38.2 Å². The molecular weight excluding hydrogens is 310 g/mol. The number of methoxy groups -OCH3 is 1. The molecule has 0 radical (unpaired) electrons. The van der Waals surface area contributed by atoms with Gasteiger partial charge in [-0.3, -0.25) is 0 Å². The van der Waals surface area contributed by atoms with Crippen molar-refractivity contribution in [2.45, 2.75) is 0 Å². The third kappa shape index (κ3) is 3.05. The molecule has 0 amide bonds. The summed E-state index contributed by atoms with van der Waals surface area (Å²) in [6.45, 7) is 0.332. The summed E-state index contributed by atoms with van der Waals surface area (Å²) in [5.74, 6) is 3.94. The highest BCUT2D eigenvalue weighted by atomic mass is 35.5. The normalized spacial score (nSPS) is 10.3. The Morgan fingerprint density at radius 1 is 1.09 bits per heavy atom. The van der Waals surface area contributed by atoms with Gasteiger partial charge in [0.2, 0.25) is 0 Å². The van der Waals surface area contributed by atoms with Crippen LogP contribution in [0, 0.1) is 12.3 Å². The molecule has 0 spiro atoms. The number of nitrogens with zero attached hydrogens (tertiary/aromatic N) is 3. The Morgan fingerprint density at radius 3 is 2.35 bits per heavy atom. The van der Waals surface area contributed by atoms with Crippen molar-refractivity contribution in [1.29, 1.82) is 0 Å². The van der Waals surface area contributed by atoms with Gasteiger partial charge in [-0.05, 0) is 36.4 Å². The zero-order valence-electron chi connectivity index (χ0n) is 12.5. The van der Waals surface area contributed by atoms with Gasteiger partial charge in [0.1, 0.15) is 5.75 Å². The van der Waals surface area contributed by atoms with Crippen LogP contribution in [0.2, 0.25) is 5.15 Å². The Hall–Kier alpha value is -2.77. The fraction of sp³-hybridized carbons (Fsp3) is 0.111. The Kier molecular flexibility index (Phi) is 4.31. The van der Waals surface area contributed by atoms with Crippen LogP contribution in [0.5, 0.6) is 5.75 Å². The third-order valence-electron chi connectivity index (χ3n) is 3.40. The minimum atomic E-state index is 0.315. The molecule has 114 valence electrons. The molecule has 0 saturated carbocycles. The maximum atomic E-state index is 6.33. The molecule has 0 saturated heterocycles. The van der Waals surface area contributed by atoms with E-state index in [1.54, 1.807) is 7.11 Å². The van der Waals surface area contributed by atoms with Gasteiger partial charge < -0.3 is 9.64 Å². The van der Waals surface area contributed by atoms with Gasteiger partial charge in [0.05, 0.1) is 24.7 Å². The van der Waals surface area contributed by atoms with Crippen LogP contribution in [-0.2, 0) is 0 Å². The number of ether oxygens (including phenoxy) is 1. The number of rotatable bonds is 4. The lowest BCUT2D eigenvalue weighted by molar-refractivity contribution is 0.415. The van der Waals surface area contributed by atoms with E-state index in [9.17, 15) is 0 Å². The molecule has 2 aromatic carbocycles. The summed E-state index contributed by atoms with van der Waals surface area (Å²) in [5.41, 5.74) is 2.38. The van der Waals surface area contributed by atoms with E-state index in [2.05, 4.69) is 15.9 Å². The van der Waals surface area contributed by atoms with E-state index in [0.29, 0.717) is 17.5 Å². The molecule has 0 aliphatic carbocycles. The van der Waals surface area contributed by atoms with Crippen LogP contribution in [-0.4, -0.2) is 23.6 Å². The smallest absolute Gasteiger partial charge is 0.172 e. The number of halogens is 1. The molecule has 3 aromatic rings. The van der Waals surface area contributed by atoms with Gasteiger partial charge in [-0.25, -0.2) is 9.97 Å². The van der Waals surface area contributed by atoms with Crippen molar-refractivity contribution in [3.05, 3.63) is 53.7 Å². The summed E-state index contributed by atoms with van der Waals surface area (Å²) in [6.07, 6.45) is 5.52. The second-order valence-corrected chi connectivity index (χ2v) is 5.17. The van der Waals surface area contributed by atoms with E-state index in [0.717, 1.165) is 22.5 Å². The van der Waals surface area contributed by atoms with Crippen molar-refractivity contribution >= 4 is 34.1 Å². The molecule has 4 nitrogen and oxygen atoms in total. The number of terminal acetylenes is 1. The van der Waals surface area contributed by atoms with Gasteiger partial charge in [0.15, 0.2) is 11.0 Å². The summed E-state index contributed by atoms with van der Waals surface area (Å²) in [7, 11) is 1.62. The molecule has 0 aliphatic heterocycles. The van der Waals surface area contributed by atoms with E-state index < -0.39 is 0 Å². The summed E-state index contributed by atoms with van der Waals surface area (Å²) in [4.78, 5) is 10.9. The molecule has 0 aliphatic rings. The maximum absolute atomic E-state index is 6.33. The minimum Gasteiger partial charge on any atom is -0.497 e. The minimum absolute atomic E-state index is 0.315. The predicted octanol–water partition coefficient (Wildman–Crippen LogP) is 4.06. The van der Waals surface area contributed by atoms with Crippen LogP contribution in [0.3, 0.4) is 0 Å². The number of para-hydroxylation sites is 2. The highest BCUT2D eigenvalue weighted by molar-refractivity contribution is 6.32. The molecule has 3 rings (SSSR count). The van der Waals surface area contributed by atoms with Crippen molar-refractivity contribution in [2.24, 2.45) is 0 Å². The van der Waals surface area contributed by atoms with Crippen LogP contribution in [0.25, 0.3) is 11.0 Å². The zero-order chi connectivity index (χ0) is 16.2. The Labute approximate surface area is 139 Å². The molecule has 0 bridgehead atoms. The monoisotopic (exact) mass is 323 g/mol. The number of anilines is 2.